The number of ether oxygens (including phenoxy) is 4. The molecule has 1 heterocycles. The Morgan fingerprint density at radius 1 is 1.00 bits per heavy atom. The summed E-state index contributed by atoms with van der Waals surface area (Å²) in [7, 11) is 1.79. The number of rotatable bonds is 10. The van der Waals surface area contributed by atoms with Crippen molar-refractivity contribution in [2.24, 2.45) is 56.7 Å². The lowest BCUT2D eigenvalue weighted by molar-refractivity contribution is -0.266. The molecule has 1 unspecified atom stereocenters. The van der Waals surface area contributed by atoms with Crippen LogP contribution in [0.4, 0.5) is 0 Å². The summed E-state index contributed by atoms with van der Waals surface area (Å²) in [6.07, 6.45) is 8.18. The fraction of sp³-hybridized carbons (Fsp3) is 0.756. The van der Waals surface area contributed by atoms with Crippen LogP contribution in [0.2, 0.25) is 0 Å². The van der Waals surface area contributed by atoms with E-state index in [1.165, 1.54) is 0 Å². The molecular weight excluding hydrogens is 668 g/mol. The maximum absolute atomic E-state index is 14.6. The minimum Gasteiger partial charge on any atom is -0.461 e. The van der Waals surface area contributed by atoms with Gasteiger partial charge in [0.15, 0.2) is 5.78 Å². The van der Waals surface area contributed by atoms with E-state index >= 15 is 0 Å². The highest BCUT2D eigenvalue weighted by Gasteiger charge is 2.72. The van der Waals surface area contributed by atoms with Crippen molar-refractivity contribution in [1.82, 2.24) is 0 Å². The number of allylic oxidation sites excluding steroid dienone is 1. The molecule has 0 N–H and O–H groups in total. The number of esters is 1. The Hall–Kier alpha value is -1.54. The molecule has 6 nitrogen and oxygen atoms in total. The average Bonchev–Trinajstić information content (AvgIpc) is 3.06. The van der Waals surface area contributed by atoms with E-state index in [9.17, 15) is 9.59 Å². The fourth-order valence-electron chi connectivity index (χ4n) is 12.1. The summed E-state index contributed by atoms with van der Waals surface area (Å²) in [4.78, 5) is 27.0. The third-order valence-corrected chi connectivity index (χ3v) is 15.8. The molecule has 1 aliphatic heterocycles. The molecule has 1 saturated heterocycles. The molecule has 48 heavy (non-hydrogen) atoms. The van der Waals surface area contributed by atoms with Gasteiger partial charge in [0.05, 0.1) is 36.7 Å². The minimum absolute atomic E-state index is 0.0327. The van der Waals surface area contributed by atoms with Crippen LogP contribution >= 0.6 is 15.9 Å². The second-order valence-corrected chi connectivity index (χ2v) is 18.0. The summed E-state index contributed by atoms with van der Waals surface area (Å²) in [6.45, 7) is 18.3. The van der Waals surface area contributed by atoms with Gasteiger partial charge in [0.1, 0.15) is 13.2 Å². The molecule has 3 saturated carbocycles. The molecule has 0 amide bonds. The molecule has 5 aliphatic rings. The lowest BCUT2D eigenvalue weighted by atomic mass is 9.34. The van der Waals surface area contributed by atoms with Crippen LogP contribution in [-0.4, -0.2) is 56.2 Å². The van der Waals surface area contributed by atoms with Gasteiger partial charge in [-0.2, -0.15) is 0 Å². The van der Waals surface area contributed by atoms with Crippen LogP contribution in [0.25, 0.3) is 0 Å². The summed E-state index contributed by atoms with van der Waals surface area (Å²) >= 11 is 3.30. The molecule has 4 aliphatic carbocycles. The predicted molar refractivity (Wildman–Crippen MR) is 192 cm³/mol. The first kappa shape index (κ1) is 36.3. The van der Waals surface area contributed by atoms with Crippen molar-refractivity contribution in [2.75, 3.05) is 32.3 Å². The number of methoxy groups -OCH3 is 1. The molecule has 6 rings (SSSR count). The van der Waals surface area contributed by atoms with Gasteiger partial charge in [-0.05, 0) is 84.0 Å². The molecule has 1 aromatic carbocycles. The van der Waals surface area contributed by atoms with Crippen LogP contribution in [0.1, 0.15) is 92.6 Å². The zero-order valence-electron chi connectivity index (χ0n) is 30.6. The van der Waals surface area contributed by atoms with Crippen LogP contribution in [-0.2, 0) is 35.1 Å². The number of fused-ring (bicyclic) bond motifs is 3. The van der Waals surface area contributed by atoms with Crippen molar-refractivity contribution in [2.45, 2.75) is 106 Å². The Morgan fingerprint density at radius 3 is 2.40 bits per heavy atom. The van der Waals surface area contributed by atoms with Gasteiger partial charge in [0.2, 0.25) is 0 Å². The maximum Gasteiger partial charge on any atom is 0.310 e. The second kappa shape index (κ2) is 13.2. The Balaban J connectivity index is 1.39. The number of benzene rings is 1. The molecule has 266 valence electrons. The van der Waals surface area contributed by atoms with Gasteiger partial charge in [0.25, 0.3) is 0 Å². The smallest absolute Gasteiger partial charge is 0.310 e. The second-order valence-electron chi connectivity index (χ2n) is 17.5. The van der Waals surface area contributed by atoms with E-state index in [1.807, 2.05) is 30.3 Å². The zero-order chi connectivity index (χ0) is 34.7. The van der Waals surface area contributed by atoms with E-state index in [0.717, 1.165) is 44.1 Å². The largest absolute Gasteiger partial charge is 0.461 e. The Morgan fingerprint density at radius 2 is 1.73 bits per heavy atom. The summed E-state index contributed by atoms with van der Waals surface area (Å²) in [6, 6.07) is 10.1. The average molecular weight is 728 g/mol. The van der Waals surface area contributed by atoms with Crippen LogP contribution < -0.4 is 0 Å². The van der Waals surface area contributed by atoms with Crippen LogP contribution in [0.15, 0.2) is 42.0 Å². The molecule has 0 radical (unpaired) electrons. The lowest BCUT2D eigenvalue weighted by Crippen LogP contribution is -2.70. The van der Waals surface area contributed by atoms with Crippen molar-refractivity contribution in [1.29, 1.82) is 0 Å². The molecular formula is C41H59BrO6. The number of alkyl halides is 1. The molecule has 0 aromatic heterocycles. The van der Waals surface area contributed by atoms with E-state index in [2.05, 4.69) is 70.5 Å². The molecule has 11 atom stereocenters. The van der Waals surface area contributed by atoms with E-state index < -0.39 is 0 Å². The highest BCUT2D eigenvalue weighted by molar-refractivity contribution is 9.09. The van der Waals surface area contributed by atoms with Crippen LogP contribution in [0.3, 0.4) is 0 Å². The van der Waals surface area contributed by atoms with E-state index in [4.69, 9.17) is 18.9 Å². The summed E-state index contributed by atoms with van der Waals surface area (Å²) in [5.41, 5.74) is 1.65. The van der Waals surface area contributed by atoms with Crippen molar-refractivity contribution in [3.05, 3.63) is 47.5 Å². The maximum atomic E-state index is 14.6. The van der Waals surface area contributed by atoms with E-state index in [1.54, 1.807) is 12.7 Å². The minimum atomic E-state index is -0.265. The SMILES string of the molecule is CO[C@@H]1C[C@@]23COC[C@@](C)(C2CC[C@H]2C3=CC[C@@]3(C)[C@H](C(=O)OCc4ccccc4)[C@@](C)([C@H](C)C(C)C)CC[C@]23C)[C@H]1OCC(=O)CBr. The van der Waals surface area contributed by atoms with Crippen LogP contribution in [0, 0.1) is 56.7 Å². The molecule has 7 heteroatoms. The highest BCUT2D eigenvalue weighted by Crippen LogP contribution is 2.75. The Kier molecular flexibility index (Phi) is 9.98. The van der Waals surface area contributed by atoms with Gasteiger partial charge in [-0.3, -0.25) is 9.59 Å². The van der Waals surface area contributed by atoms with E-state index in [0.29, 0.717) is 48.8 Å². The highest BCUT2D eigenvalue weighted by atomic mass is 79.9. The predicted octanol–water partition coefficient (Wildman–Crippen LogP) is 8.60. The monoisotopic (exact) mass is 726 g/mol. The molecule has 4 fully saturated rings. The normalized spacial score (nSPS) is 42.5. The third-order valence-electron chi connectivity index (χ3n) is 15.2. The first-order valence-corrected chi connectivity index (χ1v) is 19.5. The van der Waals surface area contributed by atoms with Gasteiger partial charge < -0.3 is 18.9 Å². The summed E-state index contributed by atoms with van der Waals surface area (Å²) in [5.74, 6) is 1.36. The molecule has 1 aromatic rings. The topological polar surface area (TPSA) is 71.1 Å². The Bertz CT molecular complexity index is 1390. The van der Waals surface area contributed by atoms with E-state index in [-0.39, 0.29) is 63.6 Å². The third kappa shape index (κ3) is 5.42. The lowest BCUT2D eigenvalue weighted by Gasteiger charge is -2.71. The Labute approximate surface area is 297 Å². The van der Waals surface area contributed by atoms with Gasteiger partial charge >= 0.3 is 5.97 Å². The zero-order valence-corrected chi connectivity index (χ0v) is 32.2. The first-order valence-electron chi connectivity index (χ1n) is 18.4. The quantitative estimate of drug-likeness (QED) is 0.137. The van der Waals surface area contributed by atoms with Gasteiger partial charge in [-0.15, -0.1) is 0 Å². The number of ketones is 1. The number of hydrogen-bond acceptors (Lipinski definition) is 6. The summed E-state index contributed by atoms with van der Waals surface area (Å²) in [5, 5.41) is 0.291. The summed E-state index contributed by atoms with van der Waals surface area (Å²) < 4.78 is 25.6. The van der Waals surface area contributed by atoms with Crippen molar-refractivity contribution < 1.29 is 28.5 Å². The number of carbonyl (C=O) groups is 2. The van der Waals surface area contributed by atoms with Gasteiger partial charge in [-0.25, -0.2) is 0 Å². The molecule has 2 bridgehead atoms. The first-order chi connectivity index (χ1) is 22.7. The van der Waals surface area contributed by atoms with Gasteiger partial charge in [-0.1, -0.05) is 106 Å². The van der Waals surface area contributed by atoms with Crippen LogP contribution in [0.5, 0.6) is 0 Å². The van der Waals surface area contributed by atoms with Crippen molar-refractivity contribution in [3.8, 4) is 0 Å². The standard InChI is InChI=1S/C41H59BrO6/c1-26(2)27(3)37(4)18-19-39(6)30-14-15-33-38(5)24-46-25-41(33,20-32(45-8)35(38)47-23-29(43)21-42)31(30)16-17-40(39,7)34(37)36(44)48-22-28-12-10-9-11-13-28/h9-13,16,26-27,30,32-35H,14-15,17-25H2,1-8H3/t27-,30+,32-,33?,34-,35+,37-,38+,39-,40+,41+/m1/s1. The number of hydrogen-bond donors (Lipinski definition) is 0. The molecule has 0 spiro atoms. The fourth-order valence-corrected chi connectivity index (χ4v) is 12.3. The van der Waals surface area contributed by atoms with Gasteiger partial charge in [0, 0.05) is 17.9 Å². The van der Waals surface area contributed by atoms with Crippen molar-refractivity contribution in [3.63, 3.8) is 0 Å². The number of Topliss-reactive ketones (excluding diaryl/α,β-unsaturated/α-hetero) is 1. The van der Waals surface area contributed by atoms with Crippen molar-refractivity contribution >= 4 is 27.7 Å². The number of carbonyl (C=O) groups excluding carboxylic acids is 2. The number of halogens is 1.